The zero-order valence-electron chi connectivity index (χ0n) is 14.4. The number of para-hydroxylation sites is 1. The summed E-state index contributed by atoms with van der Waals surface area (Å²) in [7, 11) is 0. The van der Waals surface area contributed by atoms with Gasteiger partial charge in [0.05, 0.1) is 16.0 Å². The van der Waals surface area contributed by atoms with Crippen LogP contribution in [0.3, 0.4) is 0 Å². The molecule has 0 amide bonds. The number of carbonyl (C=O) groups is 1. The summed E-state index contributed by atoms with van der Waals surface area (Å²) in [5, 5.41) is 11.3. The van der Waals surface area contributed by atoms with Crippen LogP contribution in [0.4, 0.5) is 32.4 Å². The number of nitro groups is 1. The molecule has 0 aliphatic rings. The predicted molar refractivity (Wildman–Crippen MR) is 88.9 cm³/mol. The highest BCUT2D eigenvalue weighted by molar-refractivity contribution is 5.94. The lowest BCUT2D eigenvalue weighted by atomic mass is 10.1. The van der Waals surface area contributed by atoms with E-state index in [4.69, 9.17) is 4.74 Å². The molecule has 0 aliphatic heterocycles. The van der Waals surface area contributed by atoms with Crippen molar-refractivity contribution < 1.29 is 36.4 Å². The Kier molecular flexibility index (Phi) is 4.95. The van der Waals surface area contributed by atoms with Crippen LogP contribution in [0, 0.1) is 17.0 Å². The molecular formula is C17H10F5N3O4. The largest absolute Gasteiger partial charge is 0.425 e. The van der Waals surface area contributed by atoms with E-state index in [2.05, 4.69) is 4.98 Å². The molecule has 1 heterocycles. The summed E-state index contributed by atoms with van der Waals surface area (Å²) in [6, 6.07) is 6.52. The number of non-ortho nitro benzene ring substituents is 1. The van der Waals surface area contributed by atoms with Gasteiger partial charge in [0, 0.05) is 6.07 Å². The zero-order chi connectivity index (χ0) is 21.5. The van der Waals surface area contributed by atoms with E-state index in [0.29, 0.717) is 11.6 Å². The molecule has 0 fully saturated rings. The third kappa shape index (κ3) is 3.73. The fourth-order valence-corrected chi connectivity index (χ4v) is 2.65. The summed E-state index contributed by atoms with van der Waals surface area (Å²) in [5.41, 5.74) is -3.83. The summed E-state index contributed by atoms with van der Waals surface area (Å²) < 4.78 is 71.1. The number of alkyl halides is 5. The molecule has 152 valence electrons. The van der Waals surface area contributed by atoms with Gasteiger partial charge in [0.25, 0.3) is 12.1 Å². The minimum Gasteiger partial charge on any atom is -0.409 e. The lowest BCUT2D eigenvalue weighted by Gasteiger charge is -2.11. The van der Waals surface area contributed by atoms with Crippen molar-refractivity contribution in [1.82, 2.24) is 9.55 Å². The Bertz CT molecular complexity index is 1120. The average molecular weight is 415 g/mol. The molecule has 0 saturated carbocycles. The van der Waals surface area contributed by atoms with Crippen molar-refractivity contribution in [2.75, 3.05) is 0 Å². The molecule has 2 aromatic carbocycles. The van der Waals surface area contributed by atoms with E-state index >= 15 is 0 Å². The number of nitro benzene ring substituents is 1. The van der Waals surface area contributed by atoms with Crippen molar-refractivity contribution in [3.8, 4) is 5.75 Å². The Morgan fingerprint density at radius 2 is 1.90 bits per heavy atom. The maximum absolute atomic E-state index is 13.4. The maximum Gasteiger partial charge on any atom is 0.425 e. The Morgan fingerprint density at radius 3 is 2.45 bits per heavy atom. The van der Waals surface area contributed by atoms with Crippen molar-refractivity contribution in [3.05, 3.63) is 63.5 Å². The molecule has 7 nitrogen and oxygen atoms in total. The second kappa shape index (κ2) is 7.11. The van der Waals surface area contributed by atoms with Gasteiger partial charge in [-0.15, -0.1) is 0 Å². The molecule has 29 heavy (non-hydrogen) atoms. The first-order chi connectivity index (χ1) is 13.5. The van der Waals surface area contributed by atoms with Crippen LogP contribution in [0.15, 0.2) is 36.4 Å². The zero-order valence-corrected chi connectivity index (χ0v) is 14.4. The van der Waals surface area contributed by atoms with Gasteiger partial charge >= 0.3 is 12.3 Å². The Hall–Kier alpha value is -3.57. The molecule has 3 aromatic rings. The smallest absolute Gasteiger partial charge is 0.409 e. The molecule has 0 spiro atoms. The molecule has 0 N–H and O–H groups in total. The fourth-order valence-electron chi connectivity index (χ4n) is 2.65. The second-order valence-electron chi connectivity index (χ2n) is 5.86. The number of benzene rings is 2. The van der Waals surface area contributed by atoms with Crippen LogP contribution >= 0.6 is 0 Å². The number of imidazole rings is 1. The summed E-state index contributed by atoms with van der Waals surface area (Å²) in [6.45, 7) is 1.56. The molecule has 1 aromatic heterocycles. The Morgan fingerprint density at radius 1 is 1.24 bits per heavy atom. The monoisotopic (exact) mass is 415 g/mol. The van der Waals surface area contributed by atoms with Gasteiger partial charge in [-0.2, -0.15) is 13.2 Å². The molecule has 0 bridgehead atoms. The SMILES string of the molecule is Cc1ccccc1OC(=O)n1c(C(F)F)nc2cc(C(F)(F)F)cc([N+](=O)[O-])c21. The summed E-state index contributed by atoms with van der Waals surface area (Å²) in [6.07, 6.45) is -9.88. The lowest BCUT2D eigenvalue weighted by molar-refractivity contribution is -0.383. The molecule has 3 rings (SSSR count). The van der Waals surface area contributed by atoms with E-state index in [1.165, 1.54) is 12.1 Å². The molecule has 0 radical (unpaired) electrons. The van der Waals surface area contributed by atoms with Crippen LogP contribution in [-0.4, -0.2) is 20.6 Å². The molecular weight excluding hydrogens is 405 g/mol. The third-order valence-electron chi connectivity index (χ3n) is 3.95. The first kappa shape index (κ1) is 20.2. The molecule has 0 unspecified atom stereocenters. The highest BCUT2D eigenvalue weighted by atomic mass is 19.4. The van der Waals surface area contributed by atoms with Gasteiger partial charge in [0.2, 0.25) is 0 Å². The Labute approximate surface area is 158 Å². The quantitative estimate of drug-likeness (QED) is 0.331. The van der Waals surface area contributed by atoms with E-state index in [9.17, 15) is 36.9 Å². The first-order valence-corrected chi connectivity index (χ1v) is 7.84. The van der Waals surface area contributed by atoms with Crippen LogP contribution in [-0.2, 0) is 6.18 Å². The van der Waals surface area contributed by atoms with Gasteiger partial charge < -0.3 is 4.74 Å². The standard InChI is InChI=1S/C17H10F5N3O4/c1-8-4-2-3-5-12(8)29-16(26)24-13-10(23-15(24)14(18)19)6-9(17(20,21)22)7-11(13)25(27)28/h2-7,14H,1H3. The highest BCUT2D eigenvalue weighted by Gasteiger charge is 2.37. The van der Waals surface area contributed by atoms with Gasteiger partial charge in [-0.25, -0.2) is 23.1 Å². The minimum atomic E-state index is -4.99. The fraction of sp³-hybridized carbons (Fsp3) is 0.176. The molecule has 0 saturated heterocycles. The van der Waals surface area contributed by atoms with Gasteiger partial charge in [0.1, 0.15) is 5.75 Å². The van der Waals surface area contributed by atoms with Crippen LogP contribution in [0.5, 0.6) is 5.75 Å². The third-order valence-corrected chi connectivity index (χ3v) is 3.95. The summed E-state index contributed by atoms with van der Waals surface area (Å²) >= 11 is 0. The lowest BCUT2D eigenvalue weighted by Crippen LogP contribution is -2.20. The number of fused-ring (bicyclic) bond motifs is 1. The number of aryl methyl sites for hydroxylation is 1. The van der Waals surface area contributed by atoms with Crippen molar-refractivity contribution in [2.24, 2.45) is 0 Å². The number of rotatable bonds is 3. The van der Waals surface area contributed by atoms with E-state index in [-0.39, 0.29) is 16.4 Å². The van der Waals surface area contributed by atoms with Crippen molar-refractivity contribution >= 4 is 22.8 Å². The van der Waals surface area contributed by atoms with Crippen LogP contribution in [0.1, 0.15) is 23.4 Å². The number of ether oxygens (including phenoxy) is 1. The normalized spacial score (nSPS) is 11.8. The van der Waals surface area contributed by atoms with E-state index in [0.717, 1.165) is 0 Å². The first-order valence-electron chi connectivity index (χ1n) is 7.84. The van der Waals surface area contributed by atoms with E-state index < -0.39 is 51.7 Å². The number of carbonyl (C=O) groups excluding carboxylic acids is 1. The predicted octanol–water partition coefficient (Wildman–Crippen LogP) is 5.26. The van der Waals surface area contributed by atoms with Gasteiger partial charge in [0.15, 0.2) is 11.3 Å². The molecule has 0 aliphatic carbocycles. The highest BCUT2D eigenvalue weighted by Crippen LogP contribution is 2.38. The van der Waals surface area contributed by atoms with Gasteiger partial charge in [-0.3, -0.25) is 10.1 Å². The summed E-state index contributed by atoms with van der Waals surface area (Å²) in [4.78, 5) is 26.0. The molecule has 0 atom stereocenters. The van der Waals surface area contributed by atoms with Crippen LogP contribution in [0.25, 0.3) is 11.0 Å². The van der Waals surface area contributed by atoms with Gasteiger partial charge in [-0.05, 0) is 24.6 Å². The number of hydrogen-bond acceptors (Lipinski definition) is 5. The van der Waals surface area contributed by atoms with Crippen molar-refractivity contribution in [3.63, 3.8) is 0 Å². The van der Waals surface area contributed by atoms with E-state index in [1.807, 2.05) is 0 Å². The minimum absolute atomic E-state index is 0.0193. The number of aromatic nitrogens is 2. The van der Waals surface area contributed by atoms with Crippen molar-refractivity contribution in [1.29, 1.82) is 0 Å². The van der Waals surface area contributed by atoms with Crippen LogP contribution in [0.2, 0.25) is 0 Å². The van der Waals surface area contributed by atoms with Crippen molar-refractivity contribution in [2.45, 2.75) is 19.5 Å². The van der Waals surface area contributed by atoms with E-state index in [1.54, 1.807) is 19.1 Å². The average Bonchev–Trinajstić information content (AvgIpc) is 3.01. The second-order valence-corrected chi connectivity index (χ2v) is 5.86. The molecule has 12 heteroatoms. The van der Waals surface area contributed by atoms with Gasteiger partial charge in [-0.1, -0.05) is 18.2 Å². The summed E-state index contributed by atoms with van der Waals surface area (Å²) in [5.74, 6) is -1.30. The maximum atomic E-state index is 13.4. The number of halogens is 5. The number of nitrogens with zero attached hydrogens (tertiary/aromatic N) is 3. The number of hydrogen-bond donors (Lipinski definition) is 0. The Balaban J connectivity index is 2.27. The topological polar surface area (TPSA) is 87.3 Å². The van der Waals surface area contributed by atoms with Crippen LogP contribution < -0.4 is 4.74 Å².